The van der Waals surface area contributed by atoms with Gasteiger partial charge < -0.3 is 5.73 Å². The predicted molar refractivity (Wildman–Crippen MR) is 82.8 cm³/mol. The van der Waals surface area contributed by atoms with Gasteiger partial charge in [0.25, 0.3) is 0 Å². The van der Waals surface area contributed by atoms with Crippen molar-refractivity contribution in [2.24, 2.45) is 0 Å². The lowest BCUT2D eigenvalue weighted by atomic mass is 9.90. The second-order valence-electron chi connectivity index (χ2n) is 5.11. The largest absolute Gasteiger partial charge is 0.389 e. The van der Waals surface area contributed by atoms with Crippen LogP contribution < -0.4 is 5.73 Å². The minimum Gasteiger partial charge on any atom is -0.389 e. The number of hydrogen-bond acceptors (Lipinski definition) is 3. The zero-order valence-electron chi connectivity index (χ0n) is 10.7. The first-order valence-electron chi connectivity index (χ1n) is 6.76. The molecule has 19 heavy (non-hydrogen) atoms. The molecule has 1 aliphatic carbocycles. The van der Waals surface area contributed by atoms with Gasteiger partial charge in [-0.2, -0.15) is 0 Å². The zero-order valence-corrected chi connectivity index (χ0v) is 12.3. The molecule has 2 N–H and O–H groups in total. The lowest BCUT2D eigenvalue weighted by molar-refractivity contribution is 0.442. The second kappa shape index (κ2) is 5.51. The average molecular weight is 293 g/mol. The number of aromatic nitrogens is 1. The molecule has 0 unspecified atom stereocenters. The summed E-state index contributed by atoms with van der Waals surface area (Å²) in [5.41, 5.74) is 8.06. The van der Waals surface area contributed by atoms with Crippen molar-refractivity contribution < 1.29 is 0 Å². The van der Waals surface area contributed by atoms with E-state index in [9.17, 15) is 0 Å². The molecule has 3 rings (SSSR count). The van der Waals surface area contributed by atoms with E-state index in [1.54, 1.807) is 11.3 Å². The first-order valence-corrected chi connectivity index (χ1v) is 7.95. The van der Waals surface area contributed by atoms with E-state index in [1.165, 1.54) is 37.1 Å². The maximum atomic E-state index is 6.14. The van der Waals surface area contributed by atoms with Crippen molar-refractivity contribution in [3.8, 4) is 11.3 Å². The Morgan fingerprint density at radius 2 is 2.00 bits per heavy atom. The number of nitrogens with zero attached hydrogens (tertiary/aromatic N) is 1. The van der Waals surface area contributed by atoms with E-state index in [0.29, 0.717) is 5.92 Å². The molecule has 100 valence electrons. The van der Waals surface area contributed by atoms with Crippen molar-refractivity contribution in [3.05, 3.63) is 34.3 Å². The van der Waals surface area contributed by atoms with Crippen LogP contribution in [0.25, 0.3) is 11.3 Å². The maximum absolute atomic E-state index is 6.14. The molecule has 0 atom stereocenters. The quantitative estimate of drug-likeness (QED) is 0.837. The minimum absolute atomic E-state index is 0.606. The predicted octanol–water partition coefficient (Wildman–Crippen LogP) is 5.09. The second-order valence-corrected chi connectivity index (χ2v) is 6.61. The van der Waals surface area contributed by atoms with Crippen molar-refractivity contribution in [2.45, 2.75) is 38.0 Å². The Hall–Kier alpha value is -1.06. The van der Waals surface area contributed by atoms with Gasteiger partial charge in [0, 0.05) is 16.5 Å². The molecule has 2 aromatic rings. The molecule has 1 fully saturated rings. The monoisotopic (exact) mass is 292 g/mol. The zero-order chi connectivity index (χ0) is 13.2. The lowest BCUT2D eigenvalue weighted by Crippen LogP contribution is -2.03. The summed E-state index contributed by atoms with van der Waals surface area (Å²) in [6, 6.07) is 7.76. The third-order valence-electron chi connectivity index (χ3n) is 3.72. The molecule has 0 saturated heterocycles. The summed E-state index contributed by atoms with van der Waals surface area (Å²) in [7, 11) is 0. The van der Waals surface area contributed by atoms with Crippen LogP contribution in [0, 0.1) is 0 Å². The molecule has 2 nitrogen and oxygen atoms in total. The van der Waals surface area contributed by atoms with E-state index in [4.69, 9.17) is 22.3 Å². The Morgan fingerprint density at radius 1 is 1.21 bits per heavy atom. The maximum Gasteiger partial charge on any atom is 0.114 e. The summed E-state index contributed by atoms with van der Waals surface area (Å²) in [5.74, 6) is 0.606. The Bertz CT molecular complexity index is 573. The normalized spacial score (nSPS) is 16.7. The average Bonchev–Trinajstić information content (AvgIpc) is 2.82. The van der Waals surface area contributed by atoms with E-state index < -0.39 is 0 Å². The van der Waals surface area contributed by atoms with Crippen LogP contribution in [0.1, 0.15) is 43.0 Å². The number of rotatable bonds is 2. The van der Waals surface area contributed by atoms with E-state index in [-0.39, 0.29) is 0 Å². The molecule has 1 aromatic heterocycles. The Morgan fingerprint density at radius 3 is 2.74 bits per heavy atom. The van der Waals surface area contributed by atoms with Gasteiger partial charge in [-0.3, -0.25) is 0 Å². The molecular weight excluding hydrogens is 276 g/mol. The Kier molecular flexibility index (Phi) is 3.76. The van der Waals surface area contributed by atoms with Gasteiger partial charge in [-0.05, 0) is 25.0 Å². The topological polar surface area (TPSA) is 38.9 Å². The van der Waals surface area contributed by atoms with Crippen LogP contribution in [0.4, 0.5) is 5.00 Å². The fourth-order valence-corrected chi connectivity index (χ4v) is 3.93. The number of nitrogens with two attached hydrogens (primary N) is 1. The minimum atomic E-state index is 0.606. The molecule has 4 heteroatoms. The first-order chi connectivity index (χ1) is 9.24. The number of anilines is 1. The molecule has 1 heterocycles. The van der Waals surface area contributed by atoms with Gasteiger partial charge in [-0.25, -0.2) is 4.98 Å². The van der Waals surface area contributed by atoms with Crippen molar-refractivity contribution in [1.82, 2.24) is 4.98 Å². The molecule has 0 radical (unpaired) electrons. The van der Waals surface area contributed by atoms with Crippen LogP contribution in [0.2, 0.25) is 5.02 Å². The molecule has 0 amide bonds. The molecule has 1 saturated carbocycles. The number of halogens is 1. The van der Waals surface area contributed by atoms with Crippen LogP contribution in [0.5, 0.6) is 0 Å². The van der Waals surface area contributed by atoms with Gasteiger partial charge in [-0.15, -0.1) is 11.3 Å². The van der Waals surface area contributed by atoms with Crippen molar-refractivity contribution in [3.63, 3.8) is 0 Å². The van der Waals surface area contributed by atoms with Crippen LogP contribution in [0.15, 0.2) is 24.3 Å². The highest BCUT2D eigenvalue weighted by molar-refractivity contribution is 7.16. The molecule has 0 bridgehead atoms. The summed E-state index contributed by atoms with van der Waals surface area (Å²) in [6.07, 6.45) is 6.50. The SMILES string of the molecule is Nc1sc(C2CCCCC2)nc1-c1cccc(Cl)c1. The Balaban J connectivity index is 1.92. The summed E-state index contributed by atoms with van der Waals surface area (Å²) in [5, 5.41) is 2.74. The molecule has 1 aliphatic rings. The number of hydrogen-bond donors (Lipinski definition) is 1. The fraction of sp³-hybridized carbons (Fsp3) is 0.400. The molecule has 0 spiro atoms. The number of nitrogen functional groups attached to an aromatic ring is 1. The van der Waals surface area contributed by atoms with Crippen LogP contribution in [0.3, 0.4) is 0 Å². The van der Waals surface area contributed by atoms with Gasteiger partial charge in [0.15, 0.2) is 0 Å². The molecule has 0 aliphatic heterocycles. The van der Waals surface area contributed by atoms with Gasteiger partial charge in [0.1, 0.15) is 10.7 Å². The van der Waals surface area contributed by atoms with Gasteiger partial charge in [0.05, 0.1) is 5.01 Å². The van der Waals surface area contributed by atoms with Crippen molar-refractivity contribution in [2.75, 3.05) is 5.73 Å². The Labute approximate surface area is 122 Å². The van der Waals surface area contributed by atoms with Crippen LogP contribution in [-0.2, 0) is 0 Å². The number of thiazole rings is 1. The summed E-state index contributed by atoms with van der Waals surface area (Å²) < 4.78 is 0. The molecule has 1 aromatic carbocycles. The fourth-order valence-electron chi connectivity index (χ4n) is 2.72. The summed E-state index contributed by atoms with van der Waals surface area (Å²) in [4.78, 5) is 4.78. The van der Waals surface area contributed by atoms with Crippen LogP contribution in [-0.4, -0.2) is 4.98 Å². The highest BCUT2D eigenvalue weighted by Gasteiger charge is 2.21. The summed E-state index contributed by atoms with van der Waals surface area (Å²) in [6.45, 7) is 0. The van der Waals surface area contributed by atoms with E-state index in [0.717, 1.165) is 21.3 Å². The first kappa shape index (κ1) is 12.9. The summed E-state index contributed by atoms with van der Waals surface area (Å²) >= 11 is 7.68. The third-order valence-corrected chi connectivity index (χ3v) is 5.00. The highest BCUT2D eigenvalue weighted by Crippen LogP contribution is 2.39. The van der Waals surface area contributed by atoms with Gasteiger partial charge >= 0.3 is 0 Å². The van der Waals surface area contributed by atoms with E-state index in [1.807, 2.05) is 24.3 Å². The van der Waals surface area contributed by atoms with Crippen molar-refractivity contribution >= 4 is 27.9 Å². The van der Waals surface area contributed by atoms with Crippen LogP contribution >= 0.6 is 22.9 Å². The van der Waals surface area contributed by atoms with E-state index >= 15 is 0 Å². The van der Waals surface area contributed by atoms with Gasteiger partial charge in [0.2, 0.25) is 0 Å². The lowest BCUT2D eigenvalue weighted by Gasteiger charge is -2.18. The molecular formula is C15H17ClN2S. The number of benzene rings is 1. The third kappa shape index (κ3) is 2.77. The van der Waals surface area contributed by atoms with Gasteiger partial charge in [-0.1, -0.05) is 43.0 Å². The van der Waals surface area contributed by atoms with E-state index in [2.05, 4.69) is 0 Å². The highest BCUT2D eigenvalue weighted by atomic mass is 35.5. The van der Waals surface area contributed by atoms with Crippen molar-refractivity contribution in [1.29, 1.82) is 0 Å². The standard InChI is InChI=1S/C15H17ClN2S/c16-12-8-4-7-11(9-12)13-14(17)19-15(18-13)10-5-2-1-3-6-10/h4,7-10H,1-3,5-6,17H2. The smallest absolute Gasteiger partial charge is 0.114 e.